The Morgan fingerprint density at radius 1 is 1.53 bits per heavy atom. The van der Waals surface area contributed by atoms with E-state index in [1.165, 1.54) is 6.07 Å². The van der Waals surface area contributed by atoms with Crippen LogP contribution >= 0.6 is 0 Å². The van der Waals surface area contributed by atoms with Crippen LogP contribution < -0.4 is 0 Å². The highest BCUT2D eigenvalue weighted by Gasteiger charge is 2.18. The van der Waals surface area contributed by atoms with Gasteiger partial charge in [0.05, 0.1) is 17.1 Å². The van der Waals surface area contributed by atoms with Crippen molar-refractivity contribution >= 4 is 11.7 Å². The third-order valence-corrected chi connectivity index (χ3v) is 2.66. The zero-order chi connectivity index (χ0) is 14.4. The quantitative estimate of drug-likeness (QED) is 0.451. The van der Waals surface area contributed by atoms with Gasteiger partial charge in [-0.25, -0.2) is 4.79 Å². The topological polar surface area (TPSA) is 69.4 Å². The lowest BCUT2D eigenvalue weighted by Gasteiger charge is -2.10. The van der Waals surface area contributed by atoms with E-state index in [-0.39, 0.29) is 18.1 Å². The summed E-state index contributed by atoms with van der Waals surface area (Å²) in [6.45, 7) is 4.23. The number of rotatable bonds is 6. The number of esters is 1. The normalized spacial score (nSPS) is 11.9. The highest BCUT2D eigenvalue weighted by atomic mass is 19.1. The van der Waals surface area contributed by atoms with Crippen molar-refractivity contribution in [3.63, 3.8) is 0 Å². The predicted molar refractivity (Wildman–Crippen MR) is 67.4 cm³/mol. The summed E-state index contributed by atoms with van der Waals surface area (Å²) >= 11 is 0. The molecule has 0 aliphatic carbocycles. The van der Waals surface area contributed by atoms with Crippen LogP contribution in [0.1, 0.15) is 37.0 Å². The van der Waals surface area contributed by atoms with E-state index in [4.69, 9.17) is 4.74 Å². The Morgan fingerprint density at radius 3 is 2.79 bits per heavy atom. The van der Waals surface area contributed by atoms with Crippen LogP contribution in [0.3, 0.4) is 0 Å². The smallest absolute Gasteiger partial charge is 0.338 e. The fraction of sp³-hybridized carbons (Fsp3) is 0.462. The first kappa shape index (κ1) is 15.1. The number of hydrogen-bond donors (Lipinski definition) is 0. The zero-order valence-corrected chi connectivity index (χ0v) is 10.9. The van der Waals surface area contributed by atoms with Crippen LogP contribution in [0.15, 0.2) is 18.2 Å². The average Bonchev–Trinajstić information content (AvgIpc) is 2.36. The van der Waals surface area contributed by atoms with Gasteiger partial charge in [0, 0.05) is 6.07 Å². The lowest BCUT2D eigenvalue weighted by molar-refractivity contribution is -0.387. The van der Waals surface area contributed by atoms with Crippen LogP contribution in [0, 0.1) is 21.8 Å². The van der Waals surface area contributed by atoms with E-state index in [2.05, 4.69) is 0 Å². The minimum Gasteiger partial charge on any atom is -0.462 e. The summed E-state index contributed by atoms with van der Waals surface area (Å²) < 4.78 is 18.1. The summed E-state index contributed by atoms with van der Waals surface area (Å²) in [5, 5.41) is 10.6. The Morgan fingerprint density at radius 2 is 2.21 bits per heavy atom. The SMILES string of the molecule is CCCC(C)COC(=O)c1ccc(F)c([N+](=O)[O-])c1. The summed E-state index contributed by atoms with van der Waals surface area (Å²) in [6, 6.07) is 2.96. The molecule has 0 spiro atoms. The summed E-state index contributed by atoms with van der Waals surface area (Å²) in [5.41, 5.74) is -0.743. The molecule has 1 aromatic rings. The second kappa shape index (κ2) is 6.82. The molecule has 104 valence electrons. The van der Waals surface area contributed by atoms with Gasteiger partial charge in [0.2, 0.25) is 5.82 Å². The molecule has 0 heterocycles. The first-order valence-corrected chi connectivity index (χ1v) is 6.06. The van der Waals surface area contributed by atoms with Gasteiger partial charge in [-0.15, -0.1) is 0 Å². The number of carbonyl (C=O) groups excluding carboxylic acids is 1. The second-order valence-electron chi connectivity index (χ2n) is 4.42. The number of nitrogens with zero attached hydrogens (tertiary/aromatic N) is 1. The van der Waals surface area contributed by atoms with Crippen molar-refractivity contribution in [1.82, 2.24) is 0 Å². The number of ether oxygens (including phenoxy) is 1. The molecule has 0 saturated carbocycles. The van der Waals surface area contributed by atoms with Crippen molar-refractivity contribution in [3.8, 4) is 0 Å². The molecule has 1 rings (SSSR count). The van der Waals surface area contributed by atoms with Crippen molar-refractivity contribution in [2.24, 2.45) is 5.92 Å². The molecule has 0 fully saturated rings. The molecule has 5 nitrogen and oxygen atoms in total. The summed E-state index contributed by atoms with van der Waals surface area (Å²) in [5.74, 6) is -1.42. The molecule has 19 heavy (non-hydrogen) atoms. The van der Waals surface area contributed by atoms with Crippen molar-refractivity contribution in [3.05, 3.63) is 39.7 Å². The number of halogens is 1. The Balaban J connectivity index is 2.72. The fourth-order valence-corrected chi connectivity index (χ4v) is 1.66. The van der Waals surface area contributed by atoms with E-state index in [9.17, 15) is 19.3 Å². The summed E-state index contributed by atoms with van der Waals surface area (Å²) in [6.07, 6.45) is 1.91. The van der Waals surface area contributed by atoms with Gasteiger partial charge in [-0.2, -0.15) is 4.39 Å². The van der Waals surface area contributed by atoms with Gasteiger partial charge >= 0.3 is 11.7 Å². The lowest BCUT2D eigenvalue weighted by atomic mass is 10.1. The summed E-state index contributed by atoms with van der Waals surface area (Å²) in [4.78, 5) is 21.4. The van der Waals surface area contributed by atoms with Gasteiger partial charge < -0.3 is 4.74 Å². The average molecular weight is 269 g/mol. The molecule has 1 aromatic carbocycles. The minimum absolute atomic E-state index is 0.0169. The molecule has 0 aliphatic heterocycles. The highest BCUT2D eigenvalue weighted by molar-refractivity contribution is 5.90. The Labute approximate surface area is 110 Å². The molecular weight excluding hydrogens is 253 g/mol. The van der Waals surface area contributed by atoms with E-state index in [0.29, 0.717) is 0 Å². The molecule has 1 atom stereocenters. The number of benzene rings is 1. The molecule has 0 radical (unpaired) electrons. The van der Waals surface area contributed by atoms with Crippen LogP contribution in [-0.4, -0.2) is 17.5 Å². The van der Waals surface area contributed by atoms with Crippen molar-refractivity contribution in [2.75, 3.05) is 6.61 Å². The molecule has 0 saturated heterocycles. The summed E-state index contributed by atoms with van der Waals surface area (Å²) in [7, 11) is 0. The number of carbonyl (C=O) groups is 1. The van der Waals surface area contributed by atoms with E-state index >= 15 is 0 Å². The largest absolute Gasteiger partial charge is 0.462 e. The van der Waals surface area contributed by atoms with Crippen LogP contribution in [0.4, 0.5) is 10.1 Å². The standard InChI is InChI=1S/C13H16FNO4/c1-3-4-9(2)8-19-13(16)10-5-6-11(14)12(7-10)15(17)18/h5-7,9H,3-4,8H2,1-2H3. The second-order valence-corrected chi connectivity index (χ2v) is 4.42. The maximum Gasteiger partial charge on any atom is 0.338 e. The van der Waals surface area contributed by atoms with Crippen LogP contribution in [0.2, 0.25) is 0 Å². The fourth-order valence-electron chi connectivity index (χ4n) is 1.66. The predicted octanol–water partition coefficient (Wildman–Crippen LogP) is 3.33. The Kier molecular flexibility index (Phi) is 5.41. The number of nitro benzene ring substituents is 1. The molecule has 0 N–H and O–H groups in total. The van der Waals surface area contributed by atoms with Gasteiger partial charge in [0.15, 0.2) is 0 Å². The maximum atomic E-state index is 13.1. The van der Waals surface area contributed by atoms with E-state index in [0.717, 1.165) is 25.0 Å². The van der Waals surface area contributed by atoms with Gasteiger partial charge in [-0.1, -0.05) is 20.3 Å². The number of nitro groups is 1. The van der Waals surface area contributed by atoms with Gasteiger partial charge in [-0.3, -0.25) is 10.1 Å². The van der Waals surface area contributed by atoms with Crippen LogP contribution in [0.5, 0.6) is 0 Å². The number of hydrogen-bond acceptors (Lipinski definition) is 4. The van der Waals surface area contributed by atoms with E-state index in [1.807, 2.05) is 13.8 Å². The van der Waals surface area contributed by atoms with Crippen LogP contribution in [-0.2, 0) is 4.74 Å². The van der Waals surface area contributed by atoms with Gasteiger partial charge in [0.1, 0.15) is 0 Å². The van der Waals surface area contributed by atoms with Crippen molar-refractivity contribution in [1.29, 1.82) is 0 Å². The minimum atomic E-state index is -0.971. The van der Waals surface area contributed by atoms with Crippen LogP contribution in [0.25, 0.3) is 0 Å². The molecular formula is C13H16FNO4. The lowest BCUT2D eigenvalue weighted by Crippen LogP contribution is -2.12. The van der Waals surface area contributed by atoms with E-state index < -0.39 is 22.4 Å². The molecule has 0 bridgehead atoms. The monoisotopic (exact) mass is 269 g/mol. The first-order chi connectivity index (χ1) is 8.95. The Hall–Kier alpha value is -1.98. The van der Waals surface area contributed by atoms with Crippen molar-refractivity contribution < 1.29 is 18.8 Å². The molecule has 0 aromatic heterocycles. The highest BCUT2D eigenvalue weighted by Crippen LogP contribution is 2.19. The van der Waals surface area contributed by atoms with Gasteiger partial charge in [0.25, 0.3) is 0 Å². The molecule has 6 heteroatoms. The zero-order valence-electron chi connectivity index (χ0n) is 10.9. The molecule has 0 aliphatic rings. The third kappa shape index (κ3) is 4.31. The Bertz CT molecular complexity index is 476. The molecule has 0 amide bonds. The van der Waals surface area contributed by atoms with Gasteiger partial charge in [-0.05, 0) is 24.5 Å². The molecule has 1 unspecified atom stereocenters. The third-order valence-electron chi connectivity index (χ3n) is 2.66. The first-order valence-electron chi connectivity index (χ1n) is 6.06. The van der Waals surface area contributed by atoms with E-state index in [1.54, 1.807) is 0 Å². The van der Waals surface area contributed by atoms with Crippen molar-refractivity contribution in [2.45, 2.75) is 26.7 Å². The maximum absolute atomic E-state index is 13.1.